The van der Waals surface area contributed by atoms with Crippen molar-refractivity contribution in [3.05, 3.63) is 83.4 Å². The summed E-state index contributed by atoms with van der Waals surface area (Å²) in [5.74, 6) is 0.0151. The molecule has 3 aromatic carbocycles. The van der Waals surface area contributed by atoms with E-state index in [-0.39, 0.29) is 10.8 Å². The molecule has 1 aliphatic rings. The average Bonchev–Trinajstić information content (AvgIpc) is 2.86. The molecule has 7 nitrogen and oxygen atoms in total. The number of hydrogen-bond acceptors (Lipinski definition) is 5. The number of nitrogens with zero attached hydrogens (tertiary/aromatic N) is 2. The summed E-state index contributed by atoms with van der Waals surface area (Å²) < 4.78 is 33.9. The SMILES string of the molecule is CCOc1ccc(S(=O)(=O)N2CCN(c3ccccc3)CC2)cc1NC(=O)c1ccc(Cl)cc1. The van der Waals surface area contributed by atoms with Crippen molar-refractivity contribution in [3.8, 4) is 5.75 Å². The van der Waals surface area contributed by atoms with Gasteiger partial charge in [-0.25, -0.2) is 8.42 Å². The molecule has 178 valence electrons. The predicted molar refractivity (Wildman–Crippen MR) is 134 cm³/mol. The summed E-state index contributed by atoms with van der Waals surface area (Å²) in [6.45, 7) is 4.13. The Morgan fingerprint density at radius 3 is 2.29 bits per heavy atom. The van der Waals surface area contributed by atoms with Crippen molar-refractivity contribution in [2.45, 2.75) is 11.8 Å². The molecule has 0 aromatic heterocycles. The van der Waals surface area contributed by atoms with Gasteiger partial charge in [-0.15, -0.1) is 0 Å². The van der Waals surface area contributed by atoms with E-state index in [1.807, 2.05) is 37.3 Å². The highest BCUT2D eigenvalue weighted by Crippen LogP contribution is 2.30. The van der Waals surface area contributed by atoms with Crippen LogP contribution in [0.15, 0.2) is 77.7 Å². The number of para-hydroxylation sites is 1. The number of nitrogens with one attached hydrogen (secondary N) is 1. The molecule has 34 heavy (non-hydrogen) atoms. The molecular formula is C25H26ClN3O4S. The molecule has 1 N–H and O–H groups in total. The van der Waals surface area contributed by atoms with Gasteiger partial charge in [0.05, 0.1) is 17.2 Å². The topological polar surface area (TPSA) is 79.0 Å². The molecule has 1 saturated heterocycles. The van der Waals surface area contributed by atoms with Crippen molar-refractivity contribution < 1.29 is 17.9 Å². The quantitative estimate of drug-likeness (QED) is 0.517. The van der Waals surface area contributed by atoms with E-state index in [0.717, 1.165) is 5.69 Å². The Balaban J connectivity index is 1.54. The fraction of sp³-hybridized carbons (Fsp3) is 0.240. The van der Waals surface area contributed by atoms with Crippen molar-refractivity contribution in [2.24, 2.45) is 0 Å². The number of carbonyl (C=O) groups is 1. The molecule has 0 bridgehead atoms. The van der Waals surface area contributed by atoms with Gasteiger partial charge in [0.2, 0.25) is 10.0 Å². The maximum atomic E-state index is 13.4. The molecule has 9 heteroatoms. The standard InChI is InChI=1S/C25H26ClN3O4S/c1-2-33-24-13-12-22(18-23(24)27-25(30)19-8-10-20(26)11-9-19)34(31,32)29-16-14-28(15-17-29)21-6-4-3-5-7-21/h3-13,18H,2,14-17H2,1H3,(H,27,30). The molecule has 0 atom stereocenters. The van der Waals surface area contributed by atoms with E-state index in [1.165, 1.54) is 16.4 Å². The number of carbonyl (C=O) groups excluding carboxylic acids is 1. The molecule has 1 aliphatic heterocycles. The van der Waals surface area contributed by atoms with Crippen molar-refractivity contribution >= 4 is 38.9 Å². The summed E-state index contributed by atoms with van der Waals surface area (Å²) in [6, 6.07) is 20.9. The minimum Gasteiger partial charge on any atom is -0.492 e. The lowest BCUT2D eigenvalue weighted by Crippen LogP contribution is -2.48. The van der Waals surface area contributed by atoms with Crippen molar-refractivity contribution in [1.82, 2.24) is 4.31 Å². The summed E-state index contributed by atoms with van der Waals surface area (Å²) in [7, 11) is -3.75. The zero-order valence-corrected chi connectivity index (χ0v) is 20.3. The van der Waals surface area contributed by atoms with Gasteiger partial charge in [0.1, 0.15) is 5.75 Å². The fourth-order valence-electron chi connectivity index (χ4n) is 3.82. The summed E-state index contributed by atoms with van der Waals surface area (Å²) in [6.07, 6.45) is 0. The highest BCUT2D eigenvalue weighted by atomic mass is 35.5. The van der Waals surface area contributed by atoms with E-state index < -0.39 is 10.0 Å². The third kappa shape index (κ3) is 5.35. The molecule has 0 saturated carbocycles. The molecule has 0 spiro atoms. The fourth-order valence-corrected chi connectivity index (χ4v) is 5.39. The molecular weight excluding hydrogens is 474 g/mol. The number of piperazine rings is 1. The van der Waals surface area contributed by atoms with E-state index in [0.29, 0.717) is 54.8 Å². The lowest BCUT2D eigenvalue weighted by molar-refractivity contribution is 0.102. The second-order valence-corrected chi connectivity index (χ2v) is 10.2. The van der Waals surface area contributed by atoms with Gasteiger partial charge in [0.25, 0.3) is 5.91 Å². The first-order valence-corrected chi connectivity index (χ1v) is 12.8. The maximum Gasteiger partial charge on any atom is 0.255 e. The average molecular weight is 500 g/mol. The van der Waals surface area contributed by atoms with Crippen LogP contribution in [0.25, 0.3) is 0 Å². The van der Waals surface area contributed by atoms with Crippen LogP contribution in [0.2, 0.25) is 5.02 Å². The molecule has 0 radical (unpaired) electrons. The molecule has 1 amide bonds. The number of halogens is 1. The van der Waals surface area contributed by atoms with Crippen LogP contribution in [-0.4, -0.2) is 51.4 Å². The van der Waals surface area contributed by atoms with Crippen LogP contribution in [0.5, 0.6) is 5.75 Å². The number of hydrogen-bond donors (Lipinski definition) is 1. The Bertz CT molecular complexity index is 1240. The number of benzene rings is 3. The van der Waals surface area contributed by atoms with Crippen molar-refractivity contribution in [3.63, 3.8) is 0 Å². The van der Waals surface area contributed by atoms with Gasteiger partial charge in [-0.3, -0.25) is 4.79 Å². The van der Waals surface area contributed by atoms with Gasteiger partial charge in [-0.2, -0.15) is 4.31 Å². The van der Waals surface area contributed by atoms with E-state index in [4.69, 9.17) is 16.3 Å². The Kier molecular flexibility index (Phi) is 7.41. The summed E-state index contributed by atoms with van der Waals surface area (Å²) >= 11 is 5.91. The summed E-state index contributed by atoms with van der Waals surface area (Å²) in [5, 5.41) is 3.30. The lowest BCUT2D eigenvalue weighted by Gasteiger charge is -2.35. The second-order valence-electron chi connectivity index (χ2n) is 7.78. The van der Waals surface area contributed by atoms with Gasteiger partial charge in [-0.05, 0) is 61.5 Å². The number of anilines is 2. The molecule has 1 fully saturated rings. The van der Waals surface area contributed by atoms with Gasteiger partial charge in [0.15, 0.2) is 0 Å². The summed E-state index contributed by atoms with van der Waals surface area (Å²) in [4.78, 5) is 15.0. The van der Waals surface area contributed by atoms with Gasteiger partial charge < -0.3 is 15.0 Å². The smallest absolute Gasteiger partial charge is 0.255 e. The number of rotatable bonds is 7. The Labute approximate surface area is 205 Å². The molecule has 3 aromatic rings. The largest absolute Gasteiger partial charge is 0.492 e. The number of sulfonamides is 1. The van der Waals surface area contributed by atoms with Gasteiger partial charge in [-0.1, -0.05) is 29.8 Å². The first-order valence-electron chi connectivity index (χ1n) is 11.0. The zero-order valence-electron chi connectivity index (χ0n) is 18.8. The van der Waals surface area contributed by atoms with Crippen LogP contribution in [0.4, 0.5) is 11.4 Å². The van der Waals surface area contributed by atoms with Gasteiger partial charge >= 0.3 is 0 Å². The van der Waals surface area contributed by atoms with Crippen LogP contribution < -0.4 is 15.0 Å². The van der Waals surface area contributed by atoms with E-state index in [9.17, 15) is 13.2 Å². The second kappa shape index (κ2) is 10.5. The van der Waals surface area contributed by atoms with Crippen LogP contribution in [0, 0.1) is 0 Å². The van der Waals surface area contributed by atoms with Crippen molar-refractivity contribution in [2.75, 3.05) is 43.0 Å². The number of ether oxygens (including phenoxy) is 1. The predicted octanol–water partition coefficient (Wildman–Crippen LogP) is 4.50. The zero-order chi connectivity index (χ0) is 24.1. The lowest BCUT2D eigenvalue weighted by atomic mass is 10.2. The number of amides is 1. The van der Waals surface area contributed by atoms with E-state index in [1.54, 1.807) is 30.3 Å². The Morgan fingerprint density at radius 1 is 0.971 bits per heavy atom. The third-order valence-corrected chi connectivity index (χ3v) is 7.75. The van der Waals surface area contributed by atoms with Crippen LogP contribution >= 0.6 is 11.6 Å². The third-order valence-electron chi connectivity index (χ3n) is 5.60. The van der Waals surface area contributed by atoms with Crippen LogP contribution in [0.3, 0.4) is 0 Å². The first-order chi connectivity index (χ1) is 16.4. The van der Waals surface area contributed by atoms with E-state index >= 15 is 0 Å². The van der Waals surface area contributed by atoms with Crippen molar-refractivity contribution in [1.29, 1.82) is 0 Å². The molecule has 0 aliphatic carbocycles. The molecule has 4 rings (SSSR count). The first kappa shape index (κ1) is 24.1. The van der Waals surface area contributed by atoms with Crippen LogP contribution in [0.1, 0.15) is 17.3 Å². The normalized spacial score (nSPS) is 14.6. The van der Waals surface area contributed by atoms with E-state index in [2.05, 4.69) is 10.2 Å². The monoisotopic (exact) mass is 499 g/mol. The summed E-state index contributed by atoms with van der Waals surface area (Å²) in [5.41, 5.74) is 1.77. The maximum absolute atomic E-state index is 13.4. The Hall–Kier alpha value is -3.07. The minimum absolute atomic E-state index is 0.107. The van der Waals surface area contributed by atoms with Crippen LogP contribution in [-0.2, 0) is 10.0 Å². The Morgan fingerprint density at radius 2 is 1.65 bits per heavy atom. The molecule has 1 heterocycles. The highest BCUT2D eigenvalue weighted by Gasteiger charge is 2.29. The minimum atomic E-state index is -3.75. The van der Waals surface area contributed by atoms with Gasteiger partial charge in [0, 0.05) is 42.5 Å². The molecule has 0 unspecified atom stereocenters. The highest BCUT2D eigenvalue weighted by molar-refractivity contribution is 7.89.